The standard InChI is InChI=1S/C21H23ClN4S/c22-16-7-5-15(6-8-16)13-25-9-11-26(12-10-25)20-19-17-3-1-2-4-18(17)27-21(19)24-14-23-20/h5-8,14H,1-4,9-13H2/p+1. The van der Waals surface area contributed by atoms with Crippen molar-refractivity contribution in [3.05, 3.63) is 51.6 Å². The lowest BCUT2D eigenvalue weighted by Gasteiger charge is -2.33. The summed E-state index contributed by atoms with van der Waals surface area (Å²) < 4.78 is 0. The Balaban J connectivity index is 1.33. The summed E-state index contributed by atoms with van der Waals surface area (Å²) in [5.41, 5.74) is 2.90. The fourth-order valence-electron chi connectivity index (χ4n) is 4.42. The van der Waals surface area contributed by atoms with Crippen LogP contribution in [0.2, 0.25) is 5.02 Å². The van der Waals surface area contributed by atoms with Crippen LogP contribution in [0.5, 0.6) is 0 Å². The molecule has 1 saturated heterocycles. The van der Waals surface area contributed by atoms with E-state index in [9.17, 15) is 0 Å². The number of nitrogens with zero attached hydrogens (tertiary/aromatic N) is 3. The molecule has 0 radical (unpaired) electrons. The first-order valence-electron chi connectivity index (χ1n) is 9.86. The molecule has 2 aliphatic rings. The molecule has 0 saturated carbocycles. The normalized spacial score (nSPS) is 18.0. The van der Waals surface area contributed by atoms with Gasteiger partial charge in [-0.05, 0) is 43.4 Å². The first-order valence-corrected chi connectivity index (χ1v) is 11.1. The lowest BCUT2D eigenvalue weighted by Crippen LogP contribution is -3.13. The highest BCUT2D eigenvalue weighted by Crippen LogP contribution is 2.39. The van der Waals surface area contributed by atoms with Crippen LogP contribution in [0.3, 0.4) is 0 Å². The summed E-state index contributed by atoms with van der Waals surface area (Å²) in [7, 11) is 0. The molecule has 0 bridgehead atoms. The maximum Gasteiger partial charge on any atom is 0.141 e. The number of quaternary nitrogens is 1. The molecule has 140 valence electrons. The number of hydrogen-bond donors (Lipinski definition) is 1. The molecular formula is C21H24ClN4S+. The van der Waals surface area contributed by atoms with Crippen LogP contribution >= 0.6 is 22.9 Å². The van der Waals surface area contributed by atoms with E-state index < -0.39 is 0 Å². The third-order valence-electron chi connectivity index (χ3n) is 5.87. The van der Waals surface area contributed by atoms with Crippen LogP contribution in [0.4, 0.5) is 5.82 Å². The van der Waals surface area contributed by atoms with Crippen LogP contribution in [0.1, 0.15) is 28.8 Å². The minimum Gasteiger partial charge on any atom is -0.345 e. The van der Waals surface area contributed by atoms with Crippen molar-refractivity contribution in [2.45, 2.75) is 32.2 Å². The van der Waals surface area contributed by atoms with E-state index >= 15 is 0 Å². The predicted molar refractivity (Wildman–Crippen MR) is 112 cm³/mol. The van der Waals surface area contributed by atoms with Gasteiger partial charge < -0.3 is 9.80 Å². The number of halogens is 1. The van der Waals surface area contributed by atoms with Crippen LogP contribution in [0.25, 0.3) is 10.2 Å². The Bertz CT molecular complexity index is 945. The Kier molecular flexibility index (Phi) is 4.76. The summed E-state index contributed by atoms with van der Waals surface area (Å²) in [6, 6.07) is 8.27. The Morgan fingerprint density at radius 2 is 1.81 bits per heavy atom. The van der Waals surface area contributed by atoms with E-state index in [0.717, 1.165) is 37.7 Å². The number of thiophene rings is 1. The van der Waals surface area contributed by atoms with Crippen LogP contribution in [0.15, 0.2) is 30.6 Å². The molecule has 1 aliphatic carbocycles. The number of benzene rings is 1. The van der Waals surface area contributed by atoms with Crippen molar-refractivity contribution in [2.75, 3.05) is 31.1 Å². The van der Waals surface area contributed by atoms with Crippen molar-refractivity contribution >= 4 is 39.0 Å². The van der Waals surface area contributed by atoms with E-state index in [1.54, 1.807) is 16.1 Å². The maximum absolute atomic E-state index is 6.01. The van der Waals surface area contributed by atoms with Gasteiger partial charge in [0, 0.05) is 15.5 Å². The van der Waals surface area contributed by atoms with Gasteiger partial charge in [-0.3, -0.25) is 0 Å². The molecule has 1 aromatic carbocycles. The van der Waals surface area contributed by atoms with Gasteiger partial charge in [-0.25, -0.2) is 9.97 Å². The fraction of sp³-hybridized carbons (Fsp3) is 0.429. The zero-order valence-electron chi connectivity index (χ0n) is 15.4. The molecule has 1 N–H and O–H groups in total. The summed E-state index contributed by atoms with van der Waals surface area (Å²) in [6.45, 7) is 5.46. The van der Waals surface area contributed by atoms with Crippen molar-refractivity contribution in [3.63, 3.8) is 0 Å². The lowest BCUT2D eigenvalue weighted by molar-refractivity contribution is -0.914. The summed E-state index contributed by atoms with van der Waals surface area (Å²) in [6.07, 6.45) is 6.78. The van der Waals surface area contributed by atoms with Crippen molar-refractivity contribution in [1.82, 2.24) is 9.97 Å². The summed E-state index contributed by atoms with van der Waals surface area (Å²) >= 11 is 7.89. The molecule has 0 atom stereocenters. The van der Waals surface area contributed by atoms with E-state index in [1.807, 2.05) is 23.5 Å². The fourth-order valence-corrected chi connectivity index (χ4v) is 5.77. The van der Waals surface area contributed by atoms with Gasteiger partial charge in [0.2, 0.25) is 0 Å². The number of fused-ring (bicyclic) bond motifs is 3. The molecule has 27 heavy (non-hydrogen) atoms. The number of aryl methyl sites for hydroxylation is 2. The number of nitrogens with one attached hydrogen (secondary N) is 1. The van der Waals surface area contributed by atoms with Gasteiger partial charge in [0.05, 0.1) is 31.6 Å². The average molecular weight is 400 g/mol. The first kappa shape index (κ1) is 17.4. The number of piperazine rings is 1. The summed E-state index contributed by atoms with van der Waals surface area (Å²) in [5, 5.41) is 2.16. The molecule has 0 spiro atoms. The number of rotatable bonds is 3. The highest BCUT2D eigenvalue weighted by atomic mass is 35.5. The molecule has 1 fully saturated rings. The highest BCUT2D eigenvalue weighted by molar-refractivity contribution is 7.19. The van der Waals surface area contributed by atoms with Crippen molar-refractivity contribution in [3.8, 4) is 0 Å². The zero-order valence-corrected chi connectivity index (χ0v) is 17.0. The molecule has 0 unspecified atom stereocenters. The van der Waals surface area contributed by atoms with Crippen LogP contribution in [-0.2, 0) is 19.4 Å². The van der Waals surface area contributed by atoms with E-state index in [1.165, 1.54) is 52.8 Å². The Hall–Kier alpha value is -1.69. The molecule has 0 amide bonds. The van der Waals surface area contributed by atoms with Crippen LogP contribution < -0.4 is 9.80 Å². The molecule has 2 aromatic heterocycles. The van der Waals surface area contributed by atoms with E-state index in [2.05, 4.69) is 22.0 Å². The lowest BCUT2D eigenvalue weighted by atomic mass is 9.97. The third kappa shape index (κ3) is 3.44. The molecule has 1 aliphatic heterocycles. The predicted octanol–water partition coefficient (Wildman–Crippen LogP) is 3.13. The second-order valence-corrected chi connectivity index (χ2v) is 9.15. The minimum absolute atomic E-state index is 0.811. The van der Waals surface area contributed by atoms with Crippen LogP contribution in [-0.4, -0.2) is 36.1 Å². The number of hydrogen-bond acceptors (Lipinski definition) is 4. The Morgan fingerprint density at radius 3 is 2.63 bits per heavy atom. The van der Waals surface area contributed by atoms with E-state index in [-0.39, 0.29) is 0 Å². The second kappa shape index (κ2) is 7.38. The highest BCUT2D eigenvalue weighted by Gasteiger charge is 2.26. The maximum atomic E-state index is 6.01. The molecular weight excluding hydrogens is 376 g/mol. The SMILES string of the molecule is Clc1ccc(C[NH+]2CCN(c3ncnc4sc5c(c34)CCCC5)CC2)cc1. The second-order valence-electron chi connectivity index (χ2n) is 7.63. The topological polar surface area (TPSA) is 33.5 Å². The van der Waals surface area contributed by atoms with Crippen molar-refractivity contribution < 1.29 is 4.90 Å². The largest absolute Gasteiger partial charge is 0.345 e. The molecule has 4 nitrogen and oxygen atoms in total. The third-order valence-corrected chi connectivity index (χ3v) is 7.32. The van der Waals surface area contributed by atoms with Gasteiger partial charge in [0.15, 0.2) is 0 Å². The van der Waals surface area contributed by atoms with Gasteiger partial charge in [-0.2, -0.15) is 0 Å². The van der Waals surface area contributed by atoms with Gasteiger partial charge in [-0.1, -0.05) is 23.7 Å². The van der Waals surface area contributed by atoms with E-state index in [4.69, 9.17) is 16.6 Å². The quantitative estimate of drug-likeness (QED) is 0.734. The summed E-state index contributed by atoms with van der Waals surface area (Å²) in [5.74, 6) is 1.17. The van der Waals surface area contributed by atoms with Crippen molar-refractivity contribution in [2.24, 2.45) is 0 Å². The average Bonchev–Trinajstić information content (AvgIpc) is 3.09. The first-order chi connectivity index (χ1) is 13.3. The molecule has 5 rings (SSSR count). The Morgan fingerprint density at radius 1 is 1.04 bits per heavy atom. The van der Waals surface area contributed by atoms with Gasteiger partial charge in [0.1, 0.15) is 23.5 Å². The summed E-state index contributed by atoms with van der Waals surface area (Å²) in [4.78, 5) is 16.2. The van der Waals surface area contributed by atoms with E-state index in [0.29, 0.717) is 0 Å². The van der Waals surface area contributed by atoms with Gasteiger partial charge >= 0.3 is 0 Å². The monoisotopic (exact) mass is 399 g/mol. The molecule has 3 heterocycles. The van der Waals surface area contributed by atoms with Gasteiger partial charge in [-0.15, -0.1) is 11.3 Å². The smallest absolute Gasteiger partial charge is 0.141 e. The molecule has 3 aromatic rings. The van der Waals surface area contributed by atoms with Crippen LogP contribution in [0, 0.1) is 0 Å². The zero-order chi connectivity index (χ0) is 18.2. The number of anilines is 1. The minimum atomic E-state index is 0.811. The Labute approximate surface area is 168 Å². The molecule has 6 heteroatoms. The number of aromatic nitrogens is 2. The van der Waals surface area contributed by atoms with Gasteiger partial charge in [0.25, 0.3) is 0 Å². The van der Waals surface area contributed by atoms with Crippen molar-refractivity contribution in [1.29, 1.82) is 0 Å².